The molecule has 1 saturated heterocycles. The third-order valence-electron chi connectivity index (χ3n) is 3.93. The lowest BCUT2D eigenvalue weighted by molar-refractivity contribution is 0.143. The number of carbonyl (C=O) groups is 1. The van der Waals surface area contributed by atoms with E-state index in [9.17, 15) is 4.79 Å². The molecule has 1 fully saturated rings. The third-order valence-corrected chi connectivity index (χ3v) is 4.69. The highest BCUT2D eigenvalue weighted by atomic mass is 32.1. The summed E-state index contributed by atoms with van der Waals surface area (Å²) in [5, 5.41) is 21.1. The van der Waals surface area contributed by atoms with Crippen LogP contribution in [0.4, 0.5) is 9.93 Å². The summed E-state index contributed by atoms with van der Waals surface area (Å²) in [5.74, 6) is 0. The highest BCUT2D eigenvalue weighted by molar-refractivity contribution is 7.15. The molecule has 0 radical (unpaired) electrons. The number of piperazine rings is 1. The maximum atomic E-state index is 12.2. The lowest BCUT2D eigenvalue weighted by Gasteiger charge is -2.34. The summed E-state index contributed by atoms with van der Waals surface area (Å²) in [6.45, 7) is 5.45. The van der Waals surface area contributed by atoms with Gasteiger partial charge in [0.1, 0.15) is 5.01 Å². The van der Waals surface area contributed by atoms with E-state index in [2.05, 4.69) is 26.5 Å². The van der Waals surface area contributed by atoms with Gasteiger partial charge in [-0.2, -0.15) is 5.26 Å². The second kappa shape index (κ2) is 7.38. The number of aromatic nitrogens is 2. The van der Waals surface area contributed by atoms with E-state index in [-0.39, 0.29) is 6.03 Å². The molecule has 3 rings (SSSR count). The number of hydrogen-bond acceptors (Lipinski definition) is 6. The zero-order valence-corrected chi connectivity index (χ0v) is 14.2. The van der Waals surface area contributed by atoms with Crippen LogP contribution < -0.4 is 5.32 Å². The van der Waals surface area contributed by atoms with Crippen molar-refractivity contribution in [2.45, 2.75) is 13.5 Å². The van der Waals surface area contributed by atoms with Gasteiger partial charge in [0.25, 0.3) is 0 Å². The van der Waals surface area contributed by atoms with Gasteiger partial charge in [-0.3, -0.25) is 10.2 Å². The predicted octanol–water partition coefficient (Wildman–Crippen LogP) is 2.07. The van der Waals surface area contributed by atoms with Crippen molar-refractivity contribution in [3.05, 3.63) is 40.4 Å². The molecule has 0 bridgehead atoms. The van der Waals surface area contributed by atoms with E-state index in [0.717, 1.165) is 30.2 Å². The predicted molar refractivity (Wildman–Crippen MR) is 91.7 cm³/mol. The fraction of sp³-hybridized carbons (Fsp3) is 0.375. The van der Waals surface area contributed by atoms with Crippen LogP contribution in [0.3, 0.4) is 0 Å². The number of benzene rings is 1. The van der Waals surface area contributed by atoms with E-state index in [1.54, 1.807) is 4.90 Å². The van der Waals surface area contributed by atoms with Crippen LogP contribution >= 0.6 is 11.3 Å². The van der Waals surface area contributed by atoms with Gasteiger partial charge >= 0.3 is 6.03 Å². The fourth-order valence-electron chi connectivity index (χ4n) is 2.63. The number of nitrogens with one attached hydrogen (secondary N) is 1. The van der Waals surface area contributed by atoms with Gasteiger partial charge in [0.2, 0.25) is 5.13 Å². The summed E-state index contributed by atoms with van der Waals surface area (Å²) >= 11 is 1.36. The number of rotatable bonds is 3. The molecule has 0 atom stereocenters. The van der Waals surface area contributed by atoms with E-state index in [0.29, 0.717) is 23.8 Å². The van der Waals surface area contributed by atoms with Crippen molar-refractivity contribution in [3.8, 4) is 6.07 Å². The summed E-state index contributed by atoms with van der Waals surface area (Å²) in [5.41, 5.74) is 1.74. The second-order valence-electron chi connectivity index (χ2n) is 5.59. The topological polar surface area (TPSA) is 85.2 Å². The monoisotopic (exact) mass is 342 g/mol. The summed E-state index contributed by atoms with van der Waals surface area (Å²) in [6, 6.07) is 9.73. The van der Waals surface area contributed by atoms with E-state index in [4.69, 9.17) is 5.26 Å². The van der Waals surface area contributed by atoms with Gasteiger partial charge in [-0.1, -0.05) is 29.5 Å². The van der Waals surface area contributed by atoms with Crippen LogP contribution in [-0.4, -0.2) is 52.2 Å². The summed E-state index contributed by atoms with van der Waals surface area (Å²) < 4.78 is 0. The smallest absolute Gasteiger partial charge is 0.322 e. The van der Waals surface area contributed by atoms with Gasteiger partial charge < -0.3 is 4.90 Å². The number of hydrogen-bond donors (Lipinski definition) is 1. The number of aryl methyl sites for hydroxylation is 1. The first-order valence-corrected chi connectivity index (χ1v) is 8.54. The summed E-state index contributed by atoms with van der Waals surface area (Å²) in [6.07, 6.45) is 0. The zero-order valence-electron chi connectivity index (χ0n) is 13.4. The standard InChI is InChI=1S/C16H18N6OS/c1-12-19-20-15(24-12)18-16(23)22-8-6-21(7-9-22)11-14-5-3-2-4-13(14)10-17/h2-5H,6-9,11H2,1H3,(H,18,20,23). The van der Waals surface area contributed by atoms with Crippen LogP contribution in [0.1, 0.15) is 16.1 Å². The van der Waals surface area contributed by atoms with Crippen molar-refractivity contribution in [2.24, 2.45) is 0 Å². The van der Waals surface area contributed by atoms with Gasteiger partial charge in [-0.15, -0.1) is 10.2 Å². The number of carbonyl (C=O) groups excluding carboxylic acids is 1. The molecule has 7 nitrogen and oxygen atoms in total. The molecule has 24 heavy (non-hydrogen) atoms. The van der Waals surface area contributed by atoms with E-state index in [1.807, 2.05) is 31.2 Å². The zero-order chi connectivity index (χ0) is 16.9. The Morgan fingerprint density at radius 2 is 2.04 bits per heavy atom. The highest BCUT2D eigenvalue weighted by Gasteiger charge is 2.22. The summed E-state index contributed by atoms with van der Waals surface area (Å²) in [7, 11) is 0. The molecule has 1 aliphatic rings. The lowest BCUT2D eigenvalue weighted by Crippen LogP contribution is -2.49. The molecule has 8 heteroatoms. The number of anilines is 1. The molecule has 1 aliphatic heterocycles. The first-order valence-electron chi connectivity index (χ1n) is 7.72. The average molecular weight is 342 g/mol. The molecule has 1 aromatic carbocycles. The van der Waals surface area contributed by atoms with Crippen molar-refractivity contribution in [1.82, 2.24) is 20.0 Å². The number of urea groups is 1. The van der Waals surface area contributed by atoms with Crippen LogP contribution in [0.15, 0.2) is 24.3 Å². The van der Waals surface area contributed by atoms with Gasteiger partial charge in [0.05, 0.1) is 11.6 Å². The molecule has 0 saturated carbocycles. The Morgan fingerprint density at radius 1 is 1.29 bits per heavy atom. The van der Waals surface area contributed by atoms with E-state index < -0.39 is 0 Å². The van der Waals surface area contributed by atoms with E-state index >= 15 is 0 Å². The van der Waals surface area contributed by atoms with E-state index in [1.165, 1.54) is 11.3 Å². The van der Waals surface area contributed by atoms with Gasteiger partial charge in [0, 0.05) is 32.7 Å². The van der Waals surface area contributed by atoms with Crippen molar-refractivity contribution in [3.63, 3.8) is 0 Å². The largest absolute Gasteiger partial charge is 0.323 e. The lowest BCUT2D eigenvalue weighted by atomic mass is 10.1. The average Bonchev–Trinajstić information content (AvgIpc) is 3.01. The normalized spacial score (nSPS) is 15.1. The first kappa shape index (κ1) is 16.4. The van der Waals surface area contributed by atoms with Crippen molar-refractivity contribution in [2.75, 3.05) is 31.5 Å². The number of nitrogens with zero attached hydrogens (tertiary/aromatic N) is 5. The fourth-order valence-corrected chi connectivity index (χ4v) is 3.22. The first-order chi connectivity index (χ1) is 11.7. The Kier molecular flexibility index (Phi) is 5.03. The molecule has 124 valence electrons. The molecule has 0 unspecified atom stereocenters. The molecule has 2 aromatic rings. The van der Waals surface area contributed by atoms with Crippen LogP contribution in [0, 0.1) is 18.3 Å². The van der Waals surface area contributed by atoms with Gasteiger partial charge in [0.15, 0.2) is 0 Å². The van der Waals surface area contributed by atoms with Gasteiger partial charge in [-0.25, -0.2) is 4.79 Å². The SMILES string of the molecule is Cc1nnc(NC(=O)N2CCN(Cc3ccccc3C#N)CC2)s1. The molecule has 0 spiro atoms. The number of amides is 2. The van der Waals surface area contributed by atoms with Crippen LogP contribution in [-0.2, 0) is 6.54 Å². The van der Waals surface area contributed by atoms with Gasteiger partial charge in [-0.05, 0) is 18.6 Å². The summed E-state index contributed by atoms with van der Waals surface area (Å²) in [4.78, 5) is 16.3. The van der Waals surface area contributed by atoms with Crippen molar-refractivity contribution in [1.29, 1.82) is 5.26 Å². The molecule has 0 aliphatic carbocycles. The van der Waals surface area contributed by atoms with Crippen LogP contribution in [0.5, 0.6) is 0 Å². The quantitative estimate of drug-likeness (QED) is 0.923. The highest BCUT2D eigenvalue weighted by Crippen LogP contribution is 2.16. The molecule has 2 amide bonds. The Labute approximate surface area is 144 Å². The Hall–Kier alpha value is -2.50. The molecule has 1 aromatic heterocycles. The minimum atomic E-state index is -0.136. The van der Waals surface area contributed by atoms with Crippen molar-refractivity contribution >= 4 is 22.5 Å². The Morgan fingerprint density at radius 3 is 2.71 bits per heavy atom. The Bertz CT molecular complexity index is 760. The minimum Gasteiger partial charge on any atom is -0.322 e. The van der Waals surface area contributed by atoms with Crippen molar-refractivity contribution < 1.29 is 4.79 Å². The number of nitriles is 1. The molecule has 1 N–H and O–H groups in total. The molecular weight excluding hydrogens is 324 g/mol. The maximum absolute atomic E-state index is 12.2. The maximum Gasteiger partial charge on any atom is 0.323 e. The minimum absolute atomic E-state index is 0.136. The van der Waals surface area contributed by atoms with Crippen LogP contribution in [0.2, 0.25) is 0 Å². The second-order valence-corrected chi connectivity index (χ2v) is 6.77. The Balaban J connectivity index is 1.52. The molecular formula is C16H18N6OS. The van der Waals surface area contributed by atoms with Crippen LogP contribution in [0.25, 0.3) is 0 Å². The third kappa shape index (κ3) is 3.88. The molecule has 2 heterocycles.